The molecule has 104 valence electrons. The van der Waals surface area contributed by atoms with Gasteiger partial charge in [-0.15, -0.1) is 0 Å². The van der Waals surface area contributed by atoms with Crippen molar-refractivity contribution in [3.05, 3.63) is 28.8 Å². The van der Waals surface area contributed by atoms with Gasteiger partial charge in [0, 0.05) is 23.7 Å². The lowest BCUT2D eigenvalue weighted by Gasteiger charge is -2.26. The van der Waals surface area contributed by atoms with Crippen LogP contribution in [-0.2, 0) is 9.59 Å². The molecule has 1 rings (SSSR count). The molecule has 1 N–H and O–H groups in total. The van der Waals surface area contributed by atoms with Gasteiger partial charge >= 0.3 is 5.97 Å². The molecule has 0 fully saturated rings. The Labute approximate surface area is 118 Å². The summed E-state index contributed by atoms with van der Waals surface area (Å²) < 4.78 is 0. The first kappa shape index (κ1) is 15.5. The van der Waals surface area contributed by atoms with Gasteiger partial charge in [0.2, 0.25) is 5.91 Å². The summed E-state index contributed by atoms with van der Waals surface area (Å²) in [5.74, 6) is -1.63. The van der Waals surface area contributed by atoms with Crippen LogP contribution in [0, 0.1) is 12.8 Å². The van der Waals surface area contributed by atoms with Crippen LogP contribution in [0.3, 0.4) is 0 Å². The summed E-state index contributed by atoms with van der Waals surface area (Å²) in [7, 11) is 0. The third kappa shape index (κ3) is 3.96. The fraction of sp³-hybridized carbons (Fsp3) is 0.429. The van der Waals surface area contributed by atoms with Gasteiger partial charge in [0.05, 0.1) is 5.92 Å². The van der Waals surface area contributed by atoms with E-state index in [1.165, 1.54) is 4.90 Å². The van der Waals surface area contributed by atoms with Crippen molar-refractivity contribution in [3.8, 4) is 0 Å². The number of nitrogens with zero attached hydrogens (tertiary/aromatic N) is 1. The number of hydrogen-bond acceptors (Lipinski definition) is 2. The van der Waals surface area contributed by atoms with Gasteiger partial charge in [0.15, 0.2) is 0 Å². The van der Waals surface area contributed by atoms with Gasteiger partial charge in [0.25, 0.3) is 0 Å². The number of halogens is 1. The number of carboxylic acids is 1. The van der Waals surface area contributed by atoms with Crippen molar-refractivity contribution in [1.29, 1.82) is 0 Å². The Morgan fingerprint density at radius 1 is 1.42 bits per heavy atom. The number of hydrogen-bond donors (Lipinski definition) is 1. The van der Waals surface area contributed by atoms with Gasteiger partial charge in [-0.25, -0.2) is 0 Å². The summed E-state index contributed by atoms with van der Waals surface area (Å²) in [6, 6.07) is 5.21. The SMILES string of the molecule is CCC(=O)N(CC(C)C(=O)O)c1ccc(Cl)cc1C. The Balaban J connectivity index is 3.09. The van der Waals surface area contributed by atoms with Gasteiger partial charge in [0.1, 0.15) is 0 Å². The Kier molecular flexibility index (Phi) is 5.36. The van der Waals surface area contributed by atoms with Gasteiger partial charge in [-0.1, -0.05) is 25.4 Å². The largest absolute Gasteiger partial charge is 0.481 e. The lowest BCUT2D eigenvalue weighted by atomic mass is 10.1. The highest BCUT2D eigenvalue weighted by atomic mass is 35.5. The fourth-order valence-corrected chi connectivity index (χ4v) is 2.03. The molecular formula is C14H18ClNO3. The van der Waals surface area contributed by atoms with Crippen molar-refractivity contribution in [3.63, 3.8) is 0 Å². The van der Waals surface area contributed by atoms with E-state index in [4.69, 9.17) is 16.7 Å². The number of carbonyl (C=O) groups excluding carboxylic acids is 1. The van der Waals surface area contributed by atoms with E-state index in [0.29, 0.717) is 17.1 Å². The molecule has 0 aliphatic heterocycles. The predicted molar refractivity (Wildman–Crippen MR) is 75.6 cm³/mol. The second-order valence-electron chi connectivity index (χ2n) is 4.53. The average Bonchev–Trinajstić information content (AvgIpc) is 2.35. The topological polar surface area (TPSA) is 57.6 Å². The van der Waals surface area contributed by atoms with Crippen LogP contribution >= 0.6 is 11.6 Å². The Bertz CT molecular complexity index is 488. The highest BCUT2D eigenvalue weighted by Gasteiger charge is 2.22. The summed E-state index contributed by atoms with van der Waals surface area (Å²) in [5, 5.41) is 9.58. The van der Waals surface area contributed by atoms with Crippen LogP contribution in [0.2, 0.25) is 5.02 Å². The number of rotatable bonds is 5. The van der Waals surface area contributed by atoms with Crippen LogP contribution < -0.4 is 4.90 Å². The molecule has 5 heteroatoms. The number of benzene rings is 1. The van der Waals surface area contributed by atoms with Crippen LogP contribution in [0.5, 0.6) is 0 Å². The third-order valence-electron chi connectivity index (χ3n) is 2.93. The number of carbonyl (C=O) groups is 2. The summed E-state index contributed by atoms with van der Waals surface area (Å²) in [5.41, 5.74) is 1.57. The molecule has 1 aromatic rings. The minimum atomic E-state index is -0.916. The zero-order valence-corrected chi connectivity index (χ0v) is 12.1. The van der Waals surface area contributed by atoms with Gasteiger partial charge < -0.3 is 10.0 Å². The first-order chi connectivity index (χ1) is 8.86. The predicted octanol–water partition coefficient (Wildman–Crippen LogP) is 3.11. The molecule has 0 aliphatic carbocycles. The lowest BCUT2D eigenvalue weighted by molar-refractivity contribution is -0.140. The quantitative estimate of drug-likeness (QED) is 0.903. The molecule has 19 heavy (non-hydrogen) atoms. The summed E-state index contributed by atoms with van der Waals surface area (Å²) in [6.07, 6.45) is 0.328. The van der Waals surface area contributed by atoms with Gasteiger partial charge in [-0.05, 0) is 30.7 Å². The Hall–Kier alpha value is -1.55. The van der Waals surface area contributed by atoms with Crippen molar-refractivity contribution >= 4 is 29.2 Å². The molecule has 0 radical (unpaired) electrons. The van der Waals surface area contributed by atoms with Crippen molar-refractivity contribution in [2.45, 2.75) is 27.2 Å². The Morgan fingerprint density at radius 3 is 2.53 bits per heavy atom. The second-order valence-corrected chi connectivity index (χ2v) is 4.96. The van der Waals surface area contributed by atoms with Crippen molar-refractivity contribution in [2.24, 2.45) is 5.92 Å². The molecule has 1 unspecified atom stereocenters. The monoisotopic (exact) mass is 283 g/mol. The van der Waals surface area contributed by atoms with Crippen molar-refractivity contribution < 1.29 is 14.7 Å². The molecular weight excluding hydrogens is 266 g/mol. The number of carboxylic acid groups (broad SMARTS) is 1. The minimum Gasteiger partial charge on any atom is -0.481 e. The number of aryl methyl sites for hydroxylation is 1. The van der Waals surface area contributed by atoms with E-state index in [2.05, 4.69) is 0 Å². The molecule has 0 spiro atoms. The van der Waals surface area contributed by atoms with Crippen LogP contribution in [0.25, 0.3) is 0 Å². The maximum Gasteiger partial charge on any atom is 0.308 e. The molecule has 0 aromatic heterocycles. The molecule has 0 bridgehead atoms. The van der Waals surface area contributed by atoms with Crippen molar-refractivity contribution in [2.75, 3.05) is 11.4 Å². The fourth-order valence-electron chi connectivity index (χ4n) is 1.80. The second kappa shape index (κ2) is 6.57. The van der Waals surface area contributed by atoms with Crippen LogP contribution in [0.15, 0.2) is 18.2 Å². The average molecular weight is 284 g/mol. The molecule has 1 amide bonds. The van der Waals surface area contributed by atoms with Gasteiger partial charge in [-0.3, -0.25) is 9.59 Å². The van der Waals surface area contributed by atoms with Gasteiger partial charge in [-0.2, -0.15) is 0 Å². The number of anilines is 1. The number of amides is 1. The maximum absolute atomic E-state index is 12.0. The highest BCUT2D eigenvalue weighted by molar-refractivity contribution is 6.30. The zero-order valence-electron chi connectivity index (χ0n) is 11.3. The number of aliphatic carboxylic acids is 1. The first-order valence-corrected chi connectivity index (χ1v) is 6.54. The molecule has 0 aliphatic rings. The molecule has 0 saturated carbocycles. The summed E-state index contributed by atoms with van der Waals surface area (Å²) in [4.78, 5) is 24.5. The van der Waals surface area contributed by atoms with E-state index >= 15 is 0 Å². The van der Waals surface area contributed by atoms with Crippen molar-refractivity contribution in [1.82, 2.24) is 0 Å². The van der Waals surface area contributed by atoms with E-state index < -0.39 is 11.9 Å². The van der Waals surface area contributed by atoms with Crippen LogP contribution in [-0.4, -0.2) is 23.5 Å². The lowest BCUT2D eigenvalue weighted by Crippen LogP contribution is -2.37. The molecule has 4 nitrogen and oxygen atoms in total. The first-order valence-electron chi connectivity index (χ1n) is 6.16. The van der Waals surface area contributed by atoms with E-state index in [1.807, 2.05) is 6.92 Å². The molecule has 1 atom stereocenters. The highest BCUT2D eigenvalue weighted by Crippen LogP contribution is 2.25. The smallest absolute Gasteiger partial charge is 0.308 e. The maximum atomic E-state index is 12.0. The standard InChI is InChI=1S/C14H18ClNO3/c1-4-13(17)16(8-10(3)14(18)19)12-6-5-11(15)7-9(12)2/h5-7,10H,4,8H2,1-3H3,(H,18,19). The molecule has 0 saturated heterocycles. The summed E-state index contributed by atoms with van der Waals surface area (Å²) in [6.45, 7) is 5.35. The molecule has 1 aromatic carbocycles. The summed E-state index contributed by atoms with van der Waals surface area (Å²) >= 11 is 5.89. The van der Waals surface area contributed by atoms with E-state index in [1.54, 1.807) is 32.0 Å². The zero-order chi connectivity index (χ0) is 14.6. The Morgan fingerprint density at radius 2 is 2.05 bits per heavy atom. The normalized spacial score (nSPS) is 12.0. The van der Waals surface area contributed by atoms with E-state index in [9.17, 15) is 9.59 Å². The van der Waals surface area contributed by atoms with Crippen LogP contribution in [0.1, 0.15) is 25.8 Å². The molecule has 0 heterocycles. The minimum absolute atomic E-state index is 0.0986. The van der Waals surface area contributed by atoms with E-state index in [-0.39, 0.29) is 12.5 Å². The third-order valence-corrected chi connectivity index (χ3v) is 3.17. The van der Waals surface area contributed by atoms with E-state index in [0.717, 1.165) is 5.56 Å². The van der Waals surface area contributed by atoms with Crippen LogP contribution in [0.4, 0.5) is 5.69 Å².